The summed E-state index contributed by atoms with van der Waals surface area (Å²) in [5.74, 6) is 0.134. The summed E-state index contributed by atoms with van der Waals surface area (Å²) in [5.41, 5.74) is 5.03. The molecular formula is C15H21F3N2O2. The van der Waals surface area contributed by atoms with Crippen LogP contribution >= 0.6 is 0 Å². The zero-order valence-corrected chi connectivity index (χ0v) is 12.6. The topological polar surface area (TPSA) is 64.4 Å². The normalized spacial score (nSPS) is 14.3. The number of nitrogens with one attached hydrogen (secondary N) is 1. The number of hydrogen-bond acceptors (Lipinski definition) is 3. The Morgan fingerprint density at radius 1 is 1.32 bits per heavy atom. The Morgan fingerprint density at radius 2 is 1.91 bits per heavy atom. The van der Waals surface area contributed by atoms with Crippen LogP contribution in [0.4, 0.5) is 13.2 Å². The fraction of sp³-hybridized carbons (Fsp3) is 0.533. The predicted octanol–water partition coefficient (Wildman–Crippen LogP) is 2.57. The lowest BCUT2D eigenvalue weighted by atomic mass is 9.99. The molecular weight excluding hydrogens is 297 g/mol. The van der Waals surface area contributed by atoms with E-state index in [4.69, 9.17) is 10.5 Å². The standard InChI is InChI=1S/C15H21F3N2O2/c1-3-10(2)13(19)14(21)20-8-9-22-12-6-4-11(5-7-12)15(16,17)18/h4-7,10,13H,3,8-9,19H2,1-2H3,(H,20,21). The molecule has 2 atom stereocenters. The molecule has 124 valence electrons. The van der Waals surface area contributed by atoms with E-state index in [9.17, 15) is 18.0 Å². The maximum absolute atomic E-state index is 12.4. The maximum atomic E-state index is 12.4. The van der Waals surface area contributed by atoms with Gasteiger partial charge >= 0.3 is 6.18 Å². The lowest BCUT2D eigenvalue weighted by Gasteiger charge is -2.17. The Morgan fingerprint density at radius 3 is 2.41 bits per heavy atom. The fourth-order valence-corrected chi connectivity index (χ4v) is 1.71. The van der Waals surface area contributed by atoms with Crippen LogP contribution in [0.1, 0.15) is 25.8 Å². The van der Waals surface area contributed by atoms with Gasteiger partial charge in [0, 0.05) is 0 Å². The summed E-state index contributed by atoms with van der Waals surface area (Å²) in [6.07, 6.45) is -3.56. The van der Waals surface area contributed by atoms with Crippen molar-refractivity contribution in [2.45, 2.75) is 32.5 Å². The lowest BCUT2D eigenvalue weighted by molar-refractivity contribution is -0.137. The highest BCUT2D eigenvalue weighted by atomic mass is 19.4. The third kappa shape index (κ3) is 5.55. The molecule has 22 heavy (non-hydrogen) atoms. The van der Waals surface area contributed by atoms with Crippen LogP contribution < -0.4 is 15.8 Å². The van der Waals surface area contributed by atoms with E-state index >= 15 is 0 Å². The monoisotopic (exact) mass is 318 g/mol. The SMILES string of the molecule is CCC(C)C(N)C(=O)NCCOc1ccc(C(F)(F)F)cc1. The number of amides is 1. The molecule has 1 amide bonds. The van der Waals surface area contributed by atoms with Crippen molar-refractivity contribution in [2.75, 3.05) is 13.2 Å². The zero-order valence-electron chi connectivity index (χ0n) is 12.6. The molecule has 0 radical (unpaired) electrons. The molecule has 4 nitrogen and oxygen atoms in total. The van der Waals surface area contributed by atoms with Crippen molar-refractivity contribution < 1.29 is 22.7 Å². The van der Waals surface area contributed by atoms with E-state index < -0.39 is 17.8 Å². The first kappa shape index (κ1) is 18.3. The van der Waals surface area contributed by atoms with Crippen molar-refractivity contribution in [3.63, 3.8) is 0 Å². The van der Waals surface area contributed by atoms with Crippen molar-refractivity contribution in [3.8, 4) is 5.75 Å². The Kier molecular flexibility index (Phi) is 6.67. The Balaban J connectivity index is 2.34. The van der Waals surface area contributed by atoms with E-state index in [0.29, 0.717) is 5.75 Å². The molecule has 3 N–H and O–H groups in total. The molecule has 0 aliphatic heterocycles. The van der Waals surface area contributed by atoms with E-state index in [0.717, 1.165) is 18.6 Å². The van der Waals surface area contributed by atoms with Crippen molar-refractivity contribution in [2.24, 2.45) is 11.7 Å². The van der Waals surface area contributed by atoms with Gasteiger partial charge in [-0.05, 0) is 30.2 Å². The highest BCUT2D eigenvalue weighted by Crippen LogP contribution is 2.30. The number of carbonyl (C=O) groups excluding carboxylic acids is 1. The smallest absolute Gasteiger partial charge is 0.416 e. The first-order chi connectivity index (χ1) is 10.3. The van der Waals surface area contributed by atoms with Crippen molar-refractivity contribution in [3.05, 3.63) is 29.8 Å². The van der Waals surface area contributed by atoms with Gasteiger partial charge in [0.1, 0.15) is 12.4 Å². The van der Waals surface area contributed by atoms with Gasteiger partial charge < -0.3 is 15.8 Å². The molecule has 0 fully saturated rings. The molecule has 0 saturated carbocycles. The average Bonchev–Trinajstić information content (AvgIpc) is 2.49. The number of alkyl halides is 3. The molecule has 0 saturated heterocycles. The lowest BCUT2D eigenvalue weighted by Crippen LogP contribution is -2.45. The van der Waals surface area contributed by atoms with E-state index in [-0.39, 0.29) is 25.0 Å². The number of carbonyl (C=O) groups is 1. The second kappa shape index (κ2) is 8.03. The van der Waals surface area contributed by atoms with Crippen molar-refractivity contribution in [1.29, 1.82) is 0 Å². The number of halogens is 3. The van der Waals surface area contributed by atoms with Crippen LogP contribution in [-0.4, -0.2) is 25.1 Å². The van der Waals surface area contributed by atoms with Crippen molar-refractivity contribution in [1.82, 2.24) is 5.32 Å². The van der Waals surface area contributed by atoms with Gasteiger partial charge in [-0.15, -0.1) is 0 Å². The van der Waals surface area contributed by atoms with Gasteiger partial charge in [0.25, 0.3) is 0 Å². The van der Waals surface area contributed by atoms with Crippen LogP contribution in [0.5, 0.6) is 5.75 Å². The Bertz CT molecular complexity index is 475. The van der Waals surface area contributed by atoms with Crippen LogP contribution in [0.15, 0.2) is 24.3 Å². The van der Waals surface area contributed by atoms with Crippen LogP contribution in [0.3, 0.4) is 0 Å². The summed E-state index contributed by atoms with van der Waals surface area (Å²) >= 11 is 0. The number of benzene rings is 1. The van der Waals surface area contributed by atoms with Gasteiger partial charge in [-0.1, -0.05) is 20.3 Å². The summed E-state index contributed by atoms with van der Waals surface area (Å²) in [4.78, 5) is 11.7. The van der Waals surface area contributed by atoms with Gasteiger partial charge in [0.15, 0.2) is 0 Å². The van der Waals surface area contributed by atoms with Crippen LogP contribution in [0.25, 0.3) is 0 Å². The van der Waals surface area contributed by atoms with Crippen LogP contribution in [0, 0.1) is 5.92 Å². The summed E-state index contributed by atoms with van der Waals surface area (Å²) in [6, 6.07) is 3.82. The molecule has 7 heteroatoms. The summed E-state index contributed by atoms with van der Waals surface area (Å²) in [7, 11) is 0. The average molecular weight is 318 g/mol. The second-order valence-corrected chi connectivity index (χ2v) is 5.07. The highest BCUT2D eigenvalue weighted by Gasteiger charge is 2.30. The minimum absolute atomic E-state index is 0.0795. The molecule has 0 bridgehead atoms. The minimum atomic E-state index is -4.36. The second-order valence-electron chi connectivity index (χ2n) is 5.07. The predicted molar refractivity (Wildman–Crippen MR) is 77.4 cm³/mol. The molecule has 0 aliphatic carbocycles. The van der Waals surface area contributed by atoms with E-state index in [1.807, 2.05) is 13.8 Å². The van der Waals surface area contributed by atoms with Gasteiger partial charge in [-0.3, -0.25) is 4.79 Å². The van der Waals surface area contributed by atoms with Gasteiger partial charge in [-0.2, -0.15) is 13.2 Å². The quantitative estimate of drug-likeness (QED) is 0.760. The number of ether oxygens (including phenoxy) is 1. The van der Waals surface area contributed by atoms with Gasteiger partial charge in [0.2, 0.25) is 5.91 Å². The summed E-state index contributed by atoms with van der Waals surface area (Å²) in [6.45, 7) is 4.24. The molecule has 0 spiro atoms. The third-order valence-corrected chi connectivity index (χ3v) is 3.41. The summed E-state index contributed by atoms with van der Waals surface area (Å²) in [5, 5.41) is 2.63. The molecule has 2 unspecified atom stereocenters. The molecule has 1 aromatic rings. The third-order valence-electron chi connectivity index (χ3n) is 3.41. The molecule has 0 heterocycles. The van der Waals surface area contributed by atoms with Gasteiger partial charge in [-0.25, -0.2) is 0 Å². The highest BCUT2D eigenvalue weighted by molar-refractivity contribution is 5.81. The number of nitrogens with two attached hydrogens (primary N) is 1. The van der Waals surface area contributed by atoms with Crippen LogP contribution in [0.2, 0.25) is 0 Å². The Labute approximate surface area is 127 Å². The fourth-order valence-electron chi connectivity index (χ4n) is 1.71. The molecule has 0 aliphatic rings. The first-order valence-corrected chi connectivity index (χ1v) is 7.09. The van der Waals surface area contributed by atoms with Gasteiger partial charge in [0.05, 0.1) is 18.2 Å². The molecule has 1 rings (SSSR count). The number of hydrogen-bond donors (Lipinski definition) is 2. The zero-order chi connectivity index (χ0) is 16.8. The minimum Gasteiger partial charge on any atom is -0.492 e. The van der Waals surface area contributed by atoms with E-state index in [1.165, 1.54) is 12.1 Å². The van der Waals surface area contributed by atoms with E-state index in [1.54, 1.807) is 0 Å². The van der Waals surface area contributed by atoms with E-state index in [2.05, 4.69) is 5.32 Å². The number of rotatable bonds is 7. The van der Waals surface area contributed by atoms with Crippen LogP contribution in [-0.2, 0) is 11.0 Å². The summed E-state index contributed by atoms with van der Waals surface area (Å²) < 4.78 is 42.4. The Hall–Kier alpha value is -1.76. The largest absolute Gasteiger partial charge is 0.492 e. The van der Waals surface area contributed by atoms with Crippen molar-refractivity contribution >= 4 is 5.91 Å². The first-order valence-electron chi connectivity index (χ1n) is 7.09. The molecule has 0 aromatic heterocycles. The maximum Gasteiger partial charge on any atom is 0.416 e. The molecule has 1 aromatic carbocycles.